The zero-order valence-corrected chi connectivity index (χ0v) is 20.1. The number of rotatable bonds is 10. The van der Waals surface area contributed by atoms with Crippen molar-refractivity contribution in [3.8, 4) is 5.75 Å². The maximum Gasteiger partial charge on any atom is 0.211 e. The maximum atomic E-state index is 11.6. The van der Waals surface area contributed by atoms with Gasteiger partial charge in [-0.05, 0) is 31.0 Å². The first-order valence-electron chi connectivity index (χ1n) is 8.89. The molecule has 0 amide bonds. The van der Waals surface area contributed by atoms with E-state index in [4.69, 9.17) is 4.74 Å². The van der Waals surface area contributed by atoms with E-state index in [1.807, 2.05) is 45.2 Å². The summed E-state index contributed by atoms with van der Waals surface area (Å²) in [4.78, 5) is 6.67. The second-order valence-corrected chi connectivity index (χ2v) is 8.03. The third kappa shape index (κ3) is 9.61. The van der Waals surface area contributed by atoms with Gasteiger partial charge in [-0.15, -0.1) is 24.0 Å². The minimum absolute atomic E-state index is 0. The van der Waals surface area contributed by atoms with Crippen LogP contribution >= 0.6 is 24.0 Å². The molecule has 0 atom stereocenters. The van der Waals surface area contributed by atoms with Crippen LogP contribution in [0, 0.1) is 0 Å². The molecule has 0 saturated heterocycles. The molecule has 0 aliphatic heterocycles. The van der Waals surface area contributed by atoms with E-state index in [1.54, 1.807) is 7.11 Å². The van der Waals surface area contributed by atoms with Gasteiger partial charge in [0.25, 0.3) is 0 Å². The van der Waals surface area contributed by atoms with Gasteiger partial charge in [0.05, 0.1) is 13.4 Å². The first kappa shape index (κ1) is 25.9. The number of sulfonamides is 1. The van der Waals surface area contributed by atoms with Gasteiger partial charge in [0, 0.05) is 39.8 Å². The van der Waals surface area contributed by atoms with Crippen LogP contribution in [0.25, 0.3) is 0 Å². The van der Waals surface area contributed by atoms with Crippen LogP contribution in [0.2, 0.25) is 0 Å². The van der Waals surface area contributed by atoms with E-state index in [-0.39, 0.29) is 24.0 Å². The van der Waals surface area contributed by atoms with E-state index in [2.05, 4.69) is 15.2 Å². The Morgan fingerprint density at radius 3 is 2.33 bits per heavy atom. The van der Waals surface area contributed by atoms with Crippen molar-refractivity contribution >= 4 is 40.0 Å². The monoisotopic (exact) mass is 512 g/mol. The highest BCUT2D eigenvalue weighted by molar-refractivity contribution is 14.0. The van der Waals surface area contributed by atoms with E-state index in [1.165, 1.54) is 10.6 Å². The molecular weight excluding hydrogens is 479 g/mol. The molecule has 27 heavy (non-hydrogen) atoms. The van der Waals surface area contributed by atoms with Gasteiger partial charge in [-0.1, -0.05) is 19.1 Å². The Balaban J connectivity index is 0.00000676. The number of ether oxygens (including phenoxy) is 1. The fraction of sp³-hybridized carbons (Fsp3) is 0.611. The topological polar surface area (TPSA) is 74.2 Å². The molecule has 0 unspecified atom stereocenters. The minimum atomic E-state index is -3.14. The number of hydrogen-bond donors (Lipinski definition) is 1. The molecule has 0 aromatic heterocycles. The summed E-state index contributed by atoms with van der Waals surface area (Å²) in [7, 11) is 0.500. The Labute approximate surface area is 181 Å². The van der Waals surface area contributed by atoms with E-state index >= 15 is 0 Å². The summed E-state index contributed by atoms with van der Waals surface area (Å²) in [6.07, 6.45) is 1.93. The number of nitrogens with one attached hydrogen (secondary N) is 1. The van der Waals surface area contributed by atoms with E-state index in [0.29, 0.717) is 26.1 Å². The fourth-order valence-electron chi connectivity index (χ4n) is 2.54. The lowest BCUT2D eigenvalue weighted by atomic mass is 10.2. The standard InChI is InChI=1S/C18H32N4O3S.HI/c1-6-19-18(20-13-8-14-22(7-2)26(5,23)24)21(3)15-16-9-11-17(25-4)12-10-16;/h9-12H,6-8,13-15H2,1-5H3,(H,19,20);1H. The molecule has 156 valence electrons. The second kappa shape index (κ2) is 13.2. The lowest BCUT2D eigenvalue weighted by molar-refractivity contribution is 0.414. The molecule has 0 bridgehead atoms. The third-order valence-electron chi connectivity index (χ3n) is 3.92. The molecule has 1 N–H and O–H groups in total. The molecule has 9 heteroatoms. The molecule has 1 aromatic carbocycles. The van der Waals surface area contributed by atoms with Crippen LogP contribution in [-0.2, 0) is 16.6 Å². The highest BCUT2D eigenvalue weighted by Gasteiger charge is 2.13. The quantitative estimate of drug-likeness (QED) is 0.226. The second-order valence-electron chi connectivity index (χ2n) is 6.05. The Kier molecular flexibility index (Phi) is 12.6. The van der Waals surface area contributed by atoms with Crippen LogP contribution in [-0.4, -0.2) is 70.2 Å². The summed E-state index contributed by atoms with van der Waals surface area (Å²) in [5.74, 6) is 1.65. The smallest absolute Gasteiger partial charge is 0.211 e. The summed E-state index contributed by atoms with van der Waals surface area (Å²) in [6, 6.07) is 7.95. The van der Waals surface area contributed by atoms with Crippen LogP contribution in [0.3, 0.4) is 0 Å². The molecule has 0 aliphatic rings. The first-order valence-corrected chi connectivity index (χ1v) is 10.7. The Morgan fingerprint density at radius 1 is 1.22 bits per heavy atom. The van der Waals surface area contributed by atoms with Crippen molar-refractivity contribution in [2.75, 3.05) is 46.6 Å². The van der Waals surface area contributed by atoms with Crippen LogP contribution < -0.4 is 10.1 Å². The molecule has 0 spiro atoms. The molecule has 1 aromatic rings. The molecule has 0 radical (unpaired) electrons. The van der Waals surface area contributed by atoms with Crippen molar-refractivity contribution in [2.45, 2.75) is 26.8 Å². The summed E-state index contributed by atoms with van der Waals surface area (Å²) in [6.45, 7) is 6.91. The van der Waals surface area contributed by atoms with Crippen LogP contribution in [0.1, 0.15) is 25.8 Å². The van der Waals surface area contributed by atoms with Gasteiger partial charge in [-0.2, -0.15) is 0 Å². The van der Waals surface area contributed by atoms with Crippen LogP contribution in [0.15, 0.2) is 29.3 Å². The normalized spacial score (nSPS) is 11.9. The number of nitrogens with zero attached hydrogens (tertiary/aromatic N) is 3. The van der Waals surface area contributed by atoms with Crippen LogP contribution in [0.5, 0.6) is 5.75 Å². The van der Waals surface area contributed by atoms with Gasteiger partial charge in [-0.3, -0.25) is 4.99 Å². The zero-order valence-electron chi connectivity index (χ0n) is 16.9. The van der Waals surface area contributed by atoms with Gasteiger partial charge in [0.2, 0.25) is 10.0 Å². The molecule has 0 aliphatic carbocycles. The number of aliphatic imine (C=N–C) groups is 1. The SMILES string of the molecule is CCNC(=NCCCN(CC)S(C)(=O)=O)N(C)Cc1ccc(OC)cc1.I. The van der Waals surface area contributed by atoms with E-state index < -0.39 is 10.0 Å². The van der Waals surface area contributed by atoms with Crippen molar-refractivity contribution in [3.63, 3.8) is 0 Å². The first-order chi connectivity index (χ1) is 12.3. The molecule has 0 saturated carbocycles. The summed E-state index contributed by atoms with van der Waals surface area (Å²) < 4.78 is 29.9. The van der Waals surface area contributed by atoms with Gasteiger partial charge < -0.3 is 15.0 Å². The van der Waals surface area contributed by atoms with Crippen LogP contribution in [0.4, 0.5) is 0 Å². The largest absolute Gasteiger partial charge is 0.497 e. The Bertz CT molecular complexity index is 666. The molecule has 7 nitrogen and oxygen atoms in total. The van der Waals surface area contributed by atoms with Crippen molar-refractivity contribution in [1.82, 2.24) is 14.5 Å². The summed E-state index contributed by atoms with van der Waals surface area (Å²) >= 11 is 0. The summed E-state index contributed by atoms with van der Waals surface area (Å²) in [5.41, 5.74) is 1.16. The van der Waals surface area contributed by atoms with Gasteiger partial charge >= 0.3 is 0 Å². The Hall–Kier alpha value is -1.07. The average Bonchev–Trinajstić information content (AvgIpc) is 2.60. The lowest BCUT2D eigenvalue weighted by Crippen LogP contribution is -2.38. The van der Waals surface area contributed by atoms with E-state index in [0.717, 1.165) is 30.4 Å². The number of benzene rings is 1. The van der Waals surface area contributed by atoms with Gasteiger partial charge in [0.15, 0.2) is 5.96 Å². The molecule has 0 fully saturated rings. The highest BCUT2D eigenvalue weighted by Crippen LogP contribution is 2.12. The maximum absolute atomic E-state index is 11.6. The molecule has 1 rings (SSSR count). The Morgan fingerprint density at radius 2 is 1.85 bits per heavy atom. The predicted octanol–water partition coefficient (Wildman–Crippen LogP) is 2.38. The number of methoxy groups -OCH3 is 1. The van der Waals surface area contributed by atoms with Crippen molar-refractivity contribution in [2.24, 2.45) is 4.99 Å². The van der Waals surface area contributed by atoms with Crippen molar-refractivity contribution in [1.29, 1.82) is 0 Å². The molecular formula is C18H33IN4O3S. The minimum Gasteiger partial charge on any atom is -0.497 e. The number of halogens is 1. The fourth-order valence-corrected chi connectivity index (χ4v) is 3.47. The van der Waals surface area contributed by atoms with Gasteiger partial charge in [0.1, 0.15) is 5.75 Å². The number of guanidine groups is 1. The zero-order chi connectivity index (χ0) is 19.6. The predicted molar refractivity (Wildman–Crippen MR) is 123 cm³/mol. The average molecular weight is 512 g/mol. The lowest BCUT2D eigenvalue weighted by Gasteiger charge is -2.22. The number of hydrogen-bond acceptors (Lipinski definition) is 4. The van der Waals surface area contributed by atoms with E-state index in [9.17, 15) is 8.42 Å². The molecule has 0 heterocycles. The highest BCUT2D eigenvalue weighted by atomic mass is 127. The van der Waals surface area contributed by atoms with Crippen molar-refractivity contribution < 1.29 is 13.2 Å². The summed E-state index contributed by atoms with van der Waals surface area (Å²) in [5, 5.41) is 3.28. The van der Waals surface area contributed by atoms with Gasteiger partial charge in [-0.25, -0.2) is 12.7 Å². The third-order valence-corrected chi connectivity index (χ3v) is 5.30. The van der Waals surface area contributed by atoms with Crippen molar-refractivity contribution in [3.05, 3.63) is 29.8 Å².